The number of ether oxygens (including phenoxy) is 2. The van der Waals surface area contributed by atoms with E-state index >= 15 is 4.39 Å². The largest absolute Gasteiger partial charge is 0.491 e. The van der Waals surface area contributed by atoms with Gasteiger partial charge in [0.1, 0.15) is 28.4 Å². The van der Waals surface area contributed by atoms with Gasteiger partial charge in [0.05, 0.1) is 30.5 Å². The highest BCUT2D eigenvalue weighted by atomic mass is 19.3. The van der Waals surface area contributed by atoms with Crippen LogP contribution in [0.15, 0.2) is 36.5 Å². The van der Waals surface area contributed by atoms with Gasteiger partial charge < -0.3 is 25.6 Å². The molecule has 0 saturated heterocycles. The number of carbonyl (C=O) groups is 2. The Hall–Kier alpha value is -4.93. The molecule has 2 aliphatic rings. The van der Waals surface area contributed by atoms with Crippen LogP contribution < -0.4 is 20.5 Å². The summed E-state index contributed by atoms with van der Waals surface area (Å²) >= 11 is 0. The quantitative estimate of drug-likeness (QED) is 0.129. The van der Waals surface area contributed by atoms with Crippen molar-refractivity contribution < 1.29 is 54.9 Å². The van der Waals surface area contributed by atoms with Crippen LogP contribution in [0.1, 0.15) is 65.6 Å². The van der Waals surface area contributed by atoms with Crippen LogP contribution in [0.5, 0.6) is 11.5 Å². The Morgan fingerprint density at radius 2 is 1.80 bits per heavy atom. The van der Waals surface area contributed by atoms with Gasteiger partial charge in [0.2, 0.25) is 5.92 Å². The molecule has 2 aliphatic carbocycles. The normalized spacial score (nSPS) is 17.1. The highest BCUT2D eigenvalue weighted by Gasteiger charge is 2.56. The Bertz CT molecular complexity index is 1960. The number of primary amides is 1. The number of nitrogens with zero attached hydrogens (tertiary/aromatic N) is 3. The van der Waals surface area contributed by atoms with E-state index in [-0.39, 0.29) is 41.0 Å². The molecule has 2 amide bonds. The molecule has 17 heteroatoms. The highest BCUT2D eigenvalue weighted by Crippen LogP contribution is 2.51. The number of alkyl halides is 4. The number of fused-ring (bicyclic) bond motifs is 1. The zero-order valence-electron chi connectivity index (χ0n) is 25.6. The molecule has 2 saturated carbocycles. The van der Waals surface area contributed by atoms with Crippen molar-refractivity contribution in [3.8, 4) is 22.8 Å². The second-order valence-corrected chi connectivity index (χ2v) is 12.0. The third-order valence-corrected chi connectivity index (χ3v) is 8.39. The van der Waals surface area contributed by atoms with Crippen molar-refractivity contribution in [1.29, 1.82) is 0 Å². The lowest BCUT2D eigenvalue weighted by atomic mass is 9.68. The summed E-state index contributed by atoms with van der Waals surface area (Å²) in [5.74, 6) is -11.3. The van der Waals surface area contributed by atoms with Crippen molar-refractivity contribution in [3.05, 3.63) is 70.8 Å². The fraction of sp³-hybridized carbons (Fsp3) is 0.375. The summed E-state index contributed by atoms with van der Waals surface area (Å²) in [6.07, 6.45) is 0.441. The predicted octanol–water partition coefficient (Wildman–Crippen LogP) is 5.61. The number of pyridine rings is 1. The smallest absolute Gasteiger partial charge is 0.333 e. The van der Waals surface area contributed by atoms with Gasteiger partial charge in [-0.2, -0.15) is 13.9 Å². The topological polar surface area (TPSA) is 142 Å². The minimum absolute atomic E-state index is 0.0518. The van der Waals surface area contributed by atoms with E-state index < -0.39 is 101 Å². The molecule has 6 rings (SSSR count). The molecule has 0 aliphatic heterocycles. The molecular weight excluding hydrogens is 667 g/mol. The van der Waals surface area contributed by atoms with Crippen LogP contribution >= 0.6 is 0 Å². The van der Waals surface area contributed by atoms with E-state index in [1.54, 1.807) is 0 Å². The number of aromatic nitrogens is 3. The number of aliphatic hydroxyl groups is 1. The van der Waals surface area contributed by atoms with Gasteiger partial charge in [-0.25, -0.2) is 31.6 Å². The van der Waals surface area contributed by atoms with Crippen LogP contribution in [-0.4, -0.2) is 56.9 Å². The minimum Gasteiger partial charge on any atom is -0.491 e. The summed E-state index contributed by atoms with van der Waals surface area (Å²) in [7, 11) is 0. The molecule has 260 valence electrons. The molecule has 0 unspecified atom stereocenters. The van der Waals surface area contributed by atoms with Gasteiger partial charge in [-0.1, -0.05) is 0 Å². The second kappa shape index (κ2) is 12.5. The lowest BCUT2D eigenvalue weighted by Crippen LogP contribution is -2.54. The van der Waals surface area contributed by atoms with E-state index in [1.807, 2.05) is 0 Å². The van der Waals surface area contributed by atoms with E-state index in [9.17, 15) is 41.0 Å². The molecule has 4 N–H and O–H groups in total. The Labute approximate surface area is 273 Å². The average Bonchev–Trinajstić information content (AvgIpc) is 3.73. The SMILES string of the molecule is CCOc1c(C(N)=O)cc([C@@](O)(CNC(=O)c2cc(OC3CC3)c3nn(C(F)F)cc3c2)C2CC(F)(F)C2)nc1-c1cc(F)c(F)cc1F. The zero-order valence-corrected chi connectivity index (χ0v) is 25.6. The average molecular weight is 696 g/mol. The Balaban J connectivity index is 1.42. The molecular formula is C32H28F7N5O5. The third kappa shape index (κ3) is 6.58. The van der Waals surface area contributed by atoms with Crippen molar-refractivity contribution in [2.75, 3.05) is 13.2 Å². The first kappa shape index (κ1) is 34.0. The Kier molecular flexibility index (Phi) is 8.67. The van der Waals surface area contributed by atoms with E-state index in [0.717, 1.165) is 12.3 Å². The molecule has 49 heavy (non-hydrogen) atoms. The summed E-state index contributed by atoms with van der Waals surface area (Å²) < 4.78 is 110. The maximum Gasteiger partial charge on any atom is 0.333 e. The first-order valence-electron chi connectivity index (χ1n) is 15.1. The third-order valence-electron chi connectivity index (χ3n) is 8.39. The van der Waals surface area contributed by atoms with Crippen LogP contribution in [0.2, 0.25) is 0 Å². The standard InChI is InChI=1S/C32H28F7N5O5/c1-2-48-27-19(28(40)45)8-24(42-26(27)18-7-21(34)22(35)9-20(18)33)32(47,16-10-31(38,39)11-16)13-41-29(46)14-5-15-12-44(30(36)37)43-25(15)23(6-14)49-17-3-4-17/h5-9,12,16-17,30,47H,2-4,10-11,13H2,1H3,(H2,40,45)(H,41,46)/t32-/m1/s1. The van der Waals surface area contributed by atoms with Crippen LogP contribution in [0.3, 0.4) is 0 Å². The van der Waals surface area contributed by atoms with Gasteiger partial charge in [0.15, 0.2) is 17.4 Å². The van der Waals surface area contributed by atoms with Gasteiger partial charge in [-0.15, -0.1) is 0 Å². The molecule has 1 atom stereocenters. The van der Waals surface area contributed by atoms with Crippen LogP contribution in [0, 0.1) is 23.4 Å². The number of nitrogens with one attached hydrogen (secondary N) is 1. The Morgan fingerprint density at radius 1 is 1.10 bits per heavy atom. The summed E-state index contributed by atoms with van der Waals surface area (Å²) in [5, 5.41) is 18.5. The van der Waals surface area contributed by atoms with Gasteiger partial charge >= 0.3 is 6.55 Å². The fourth-order valence-electron chi connectivity index (χ4n) is 5.68. The van der Waals surface area contributed by atoms with Crippen molar-refractivity contribution in [2.45, 2.75) is 56.8 Å². The van der Waals surface area contributed by atoms with Crippen LogP contribution in [0.4, 0.5) is 30.7 Å². The van der Waals surface area contributed by atoms with Crippen LogP contribution in [0.25, 0.3) is 22.2 Å². The van der Waals surface area contributed by atoms with Crippen LogP contribution in [-0.2, 0) is 5.60 Å². The first-order chi connectivity index (χ1) is 23.1. The molecule has 2 heterocycles. The number of nitrogens with two attached hydrogens (primary N) is 1. The summed E-state index contributed by atoms with van der Waals surface area (Å²) in [6, 6.07) is 4.11. The molecule has 10 nitrogen and oxygen atoms in total. The van der Waals surface area contributed by atoms with E-state index in [4.69, 9.17) is 15.2 Å². The number of carbonyl (C=O) groups excluding carboxylic acids is 2. The lowest BCUT2D eigenvalue weighted by Gasteiger charge is -2.45. The molecule has 4 aromatic rings. The Morgan fingerprint density at radius 3 is 2.41 bits per heavy atom. The first-order valence-corrected chi connectivity index (χ1v) is 15.1. The van der Waals surface area contributed by atoms with Gasteiger partial charge in [-0.3, -0.25) is 9.59 Å². The predicted molar refractivity (Wildman–Crippen MR) is 158 cm³/mol. The summed E-state index contributed by atoms with van der Waals surface area (Å²) in [6.45, 7) is -2.44. The van der Waals surface area contributed by atoms with Gasteiger partial charge in [0.25, 0.3) is 11.8 Å². The number of benzene rings is 2. The van der Waals surface area contributed by atoms with Gasteiger partial charge in [0, 0.05) is 47.5 Å². The maximum absolute atomic E-state index is 15.1. The fourth-order valence-corrected chi connectivity index (χ4v) is 5.68. The number of hydrogen-bond donors (Lipinski definition) is 3. The number of hydrogen-bond acceptors (Lipinski definition) is 7. The molecule has 0 bridgehead atoms. The molecule has 0 spiro atoms. The van der Waals surface area contributed by atoms with E-state index in [2.05, 4.69) is 15.4 Å². The number of amides is 2. The van der Waals surface area contributed by atoms with E-state index in [0.29, 0.717) is 23.6 Å². The lowest BCUT2D eigenvalue weighted by molar-refractivity contribution is -0.179. The van der Waals surface area contributed by atoms with Crippen molar-refractivity contribution in [1.82, 2.24) is 20.1 Å². The molecule has 2 aromatic heterocycles. The van der Waals surface area contributed by atoms with Crippen molar-refractivity contribution >= 4 is 22.7 Å². The molecule has 2 fully saturated rings. The van der Waals surface area contributed by atoms with Crippen molar-refractivity contribution in [3.63, 3.8) is 0 Å². The zero-order chi connectivity index (χ0) is 35.4. The highest BCUT2D eigenvalue weighted by molar-refractivity contribution is 6.00. The second-order valence-electron chi connectivity index (χ2n) is 12.0. The minimum atomic E-state index is -3.21. The number of rotatable bonds is 12. The van der Waals surface area contributed by atoms with Crippen molar-refractivity contribution in [2.24, 2.45) is 11.7 Å². The van der Waals surface area contributed by atoms with Gasteiger partial charge in [-0.05, 0) is 44.0 Å². The molecule has 0 radical (unpaired) electrons. The maximum atomic E-state index is 15.1. The van der Waals surface area contributed by atoms with E-state index in [1.165, 1.54) is 19.1 Å². The molecule has 2 aromatic carbocycles. The number of halogens is 7. The summed E-state index contributed by atoms with van der Waals surface area (Å²) in [5.41, 5.74) is 0.737. The summed E-state index contributed by atoms with van der Waals surface area (Å²) in [4.78, 5) is 30.3. The monoisotopic (exact) mass is 695 g/mol.